The molecule has 0 spiro atoms. The minimum atomic E-state index is -3.75. The van der Waals surface area contributed by atoms with Crippen molar-refractivity contribution in [1.29, 1.82) is 0 Å². The summed E-state index contributed by atoms with van der Waals surface area (Å²) in [5.41, 5.74) is 0.485. The Morgan fingerprint density at radius 2 is 2.19 bits per heavy atom. The van der Waals surface area contributed by atoms with E-state index in [0.29, 0.717) is 23.6 Å². The number of hydrogen-bond donors (Lipinski definition) is 2. The molecule has 0 radical (unpaired) electrons. The van der Waals surface area contributed by atoms with Gasteiger partial charge in [-0.2, -0.15) is 0 Å². The molecule has 0 aliphatic carbocycles. The van der Waals surface area contributed by atoms with Crippen LogP contribution in [-0.4, -0.2) is 36.4 Å². The quantitative estimate of drug-likeness (QED) is 0.779. The molecule has 1 unspecified atom stereocenters. The lowest BCUT2D eigenvalue weighted by atomic mass is 10.3. The van der Waals surface area contributed by atoms with Gasteiger partial charge in [-0.25, -0.2) is 8.42 Å². The van der Waals surface area contributed by atoms with Gasteiger partial charge in [0.1, 0.15) is 5.76 Å². The third-order valence-electron chi connectivity index (χ3n) is 4.04. The average Bonchev–Trinajstić information content (AvgIpc) is 2.90. The maximum atomic E-state index is 12.8. The number of benzene rings is 1. The fraction of sp³-hybridized carbons (Fsp3) is 0.353. The van der Waals surface area contributed by atoms with E-state index in [0.717, 1.165) is 4.90 Å². The number of thioether (sulfide) groups is 1. The standard InChI is InChI=1S/C17H19N3O5S2/c1-10-7-15(20-25-10)19-17(22)8-11(2)27(23,24)12-3-4-14-13(9-12)18-16(21)5-6-26-14/h3-4,7,9,11H,5-6,8H2,1-2H3,(H,18,21)(H,19,20,22). The first-order chi connectivity index (χ1) is 12.8. The first-order valence-corrected chi connectivity index (χ1v) is 10.8. The fourth-order valence-electron chi connectivity index (χ4n) is 2.60. The Hall–Kier alpha value is -2.33. The van der Waals surface area contributed by atoms with Crippen molar-refractivity contribution in [3.8, 4) is 0 Å². The number of aryl methyl sites for hydroxylation is 1. The Morgan fingerprint density at radius 1 is 1.41 bits per heavy atom. The number of nitrogens with one attached hydrogen (secondary N) is 2. The molecular weight excluding hydrogens is 390 g/mol. The number of fused-ring (bicyclic) bond motifs is 1. The summed E-state index contributed by atoms with van der Waals surface area (Å²) in [4.78, 5) is 24.7. The number of carbonyl (C=O) groups is 2. The van der Waals surface area contributed by atoms with E-state index in [1.54, 1.807) is 19.1 Å². The van der Waals surface area contributed by atoms with Gasteiger partial charge < -0.3 is 15.2 Å². The first kappa shape index (κ1) is 19.4. The van der Waals surface area contributed by atoms with Gasteiger partial charge in [0.05, 0.1) is 15.8 Å². The molecule has 2 N–H and O–H groups in total. The second kappa shape index (κ2) is 7.73. The molecule has 144 valence electrons. The fourth-order valence-corrected chi connectivity index (χ4v) is 4.91. The summed E-state index contributed by atoms with van der Waals surface area (Å²) >= 11 is 1.50. The minimum Gasteiger partial charge on any atom is -0.360 e. The lowest BCUT2D eigenvalue weighted by molar-refractivity contribution is -0.116. The Morgan fingerprint density at radius 3 is 2.89 bits per heavy atom. The molecule has 1 aliphatic heterocycles. The van der Waals surface area contributed by atoms with Gasteiger partial charge in [-0.05, 0) is 32.0 Å². The van der Waals surface area contributed by atoms with Gasteiger partial charge >= 0.3 is 0 Å². The molecule has 3 rings (SSSR count). The van der Waals surface area contributed by atoms with Crippen molar-refractivity contribution in [3.05, 3.63) is 30.0 Å². The monoisotopic (exact) mass is 409 g/mol. The van der Waals surface area contributed by atoms with E-state index in [4.69, 9.17) is 4.52 Å². The first-order valence-electron chi connectivity index (χ1n) is 8.29. The van der Waals surface area contributed by atoms with E-state index in [1.807, 2.05) is 0 Å². The minimum absolute atomic E-state index is 0.0710. The van der Waals surface area contributed by atoms with Crippen molar-refractivity contribution in [2.45, 2.75) is 41.7 Å². The Balaban J connectivity index is 1.75. The van der Waals surface area contributed by atoms with E-state index in [1.165, 1.54) is 30.8 Å². The average molecular weight is 409 g/mol. The maximum absolute atomic E-state index is 12.8. The van der Waals surface area contributed by atoms with E-state index >= 15 is 0 Å². The molecule has 2 heterocycles. The molecule has 0 saturated heterocycles. The lowest BCUT2D eigenvalue weighted by Gasteiger charge is -2.14. The summed E-state index contributed by atoms with van der Waals surface area (Å²) in [6.45, 7) is 3.16. The van der Waals surface area contributed by atoms with Gasteiger partial charge in [-0.3, -0.25) is 9.59 Å². The van der Waals surface area contributed by atoms with Crippen LogP contribution in [0, 0.1) is 6.92 Å². The van der Waals surface area contributed by atoms with Gasteiger partial charge in [0, 0.05) is 29.6 Å². The number of amides is 2. The second-order valence-electron chi connectivity index (χ2n) is 6.24. The van der Waals surface area contributed by atoms with Crippen LogP contribution in [0.5, 0.6) is 0 Å². The third-order valence-corrected chi connectivity index (χ3v) is 7.25. The predicted octanol–water partition coefficient (Wildman–Crippen LogP) is 2.61. The van der Waals surface area contributed by atoms with Crippen LogP contribution in [0.2, 0.25) is 0 Å². The molecule has 10 heteroatoms. The molecule has 27 heavy (non-hydrogen) atoms. The molecule has 1 aliphatic rings. The number of hydrogen-bond acceptors (Lipinski definition) is 7. The molecule has 8 nitrogen and oxygen atoms in total. The summed E-state index contributed by atoms with van der Waals surface area (Å²) in [6, 6.07) is 6.19. The molecule has 2 aromatic rings. The summed E-state index contributed by atoms with van der Waals surface area (Å²) in [7, 11) is -3.75. The van der Waals surface area contributed by atoms with Crippen molar-refractivity contribution in [2.24, 2.45) is 0 Å². The van der Waals surface area contributed by atoms with Crippen LogP contribution in [-0.2, 0) is 19.4 Å². The van der Waals surface area contributed by atoms with Crippen LogP contribution >= 0.6 is 11.8 Å². The number of anilines is 2. The van der Waals surface area contributed by atoms with Gasteiger partial charge in [-0.15, -0.1) is 11.8 Å². The summed E-state index contributed by atoms with van der Waals surface area (Å²) in [6.07, 6.45) is 0.145. The molecule has 1 atom stereocenters. The van der Waals surface area contributed by atoms with Crippen molar-refractivity contribution in [2.75, 3.05) is 16.4 Å². The largest absolute Gasteiger partial charge is 0.360 e. The lowest BCUT2D eigenvalue weighted by Crippen LogP contribution is -2.25. The molecule has 0 fully saturated rings. The van der Waals surface area contributed by atoms with E-state index in [-0.39, 0.29) is 23.0 Å². The zero-order valence-corrected chi connectivity index (χ0v) is 16.4. The molecule has 0 bridgehead atoms. The van der Waals surface area contributed by atoms with Gasteiger partial charge in [0.2, 0.25) is 11.8 Å². The summed E-state index contributed by atoms with van der Waals surface area (Å²) < 4.78 is 30.5. The highest BCUT2D eigenvalue weighted by atomic mass is 32.2. The SMILES string of the molecule is Cc1cc(NC(=O)CC(C)S(=O)(=O)c2ccc3c(c2)NC(=O)CCS3)no1. The van der Waals surface area contributed by atoms with Crippen molar-refractivity contribution < 1.29 is 22.5 Å². The third kappa shape index (κ3) is 4.51. The Labute approximate surface area is 161 Å². The predicted molar refractivity (Wildman–Crippen MR) is 102 cm³/mol. The van der Waals surface area contributed by atoms with Gasteiger partial charge in [0.25, 0.3) is 0 Å². The normalized spacial score (nSPS) is 15.4. The van der Waals surface area contributed by atoms with Crippen LogP contribution in [0.3, 0.4) is 0 Å². The van der Waals surface area contributed by atoms with Crippen molar-refractivity contribution >= 4 is 44.9 Å². The van der Waals surface area contributed by atoms with Crippen LogP contribution in [0.4, 0.5) is 11.5 Å². The number of sulfone groups is 1. The summed E-state index contributed by atoms with van der Waals surface area (Å²) in [5, 5.41) is 7.94. The number of aromatic nitrogens is 1. The van der Waals surface area contributed by atoms with Gasteiger partial charge in [-0.1, -0.05) is 5.16 Å². The van der Waals surface area contributed by atoms with Crippen LogP contribution < -0.4 is 10.6 Å². The highest BCUT2D eigenvalue weighted by molar-refractivity contribution is 7.99. The number of rotatable bonds is 5. The number of carbonyl (C=O) groups excluding carboxylic acids is 2. The van der Waals surface area contributed by atoms with Crippen LogP contribution in [0.25, 0.3) is 0 Å². The maximum Gasteiger partial charge on any atom is 0.226 e. The molecule has 2 amide bonds. The van der Waals surface area contributed by atoms with Crippen LogP contribution in [0.1, 0.15) is 25.5 Å². The highest BCUT2D eigenvalue weighted by Crippen LogP contribution is 2.33. The van der Waals surface area contributed by atoms with Crippen molar-refractivity contribution in [1.82, 2.24) is 5.16 Å². The topological polar surface area (TPSA) is 118 Å². The van der Waals surface area contributed by atoms with E-state index in [2.05, 4.69) is 15.8 Å². The second-order valence-corrected chi connectivity index (χ2v) is 9.74. The Kier molecular flexibility index (Phi) is 5.56. The van der Waals surface area contributed by atoms with Crippen LogP contribution in [0.15, 0.2) is 38.6 Å². The number of nitrogens with zero attached hydrogens (tertiary/aromatic N) is 1. The van der Waals surface area contributed by atoms with E-state index in [9.17, 15) is 18.0 Å². The van der Waals surface area contributed by atoms with E-state index < -0.39 is 21.0 Å². The highest BCUT2D eigenvalue weighted by Gasteiger charge is 2.27. The van der Waals surface area contributed by atoms with Gasteiger partial charge in [0.15, 0.2) is 15.7 Å². The zero-order valence-electron chi connectivity index (χ0n) is 14.8. The molecule has 1 aromatic heterocycles. The smallest absolute Gasteiger partial charge is 0.226 e. The molecular formula is C17H19N3O5S2. The molecule has 1 aromatic carbocycles. The summed E-state index contributed by atoms with van der Waals surface area (Å²) in [5.74, 6) is 0.801. The molecule has 0 saturated carbocycles. The van der Waals surface area contributed by atoms with Crippen molar-refractivity contribution in [3.63, 3.8) is 0 Å². The zero-order chi connectivity index (χ0) is 19.6. The Bertz CT molecular complexity index is 984.